The van der Waals surface area contributed by atoms with E-state index in [1.165, 1.54) is 19.2 Å². The van der Waals surface area contributed by atoms with Crippen molar-refractivity contribution >= 4 is 11.5 Å². The highest BCUT2D eigenvalue weighted by Gasteiger charge is 2.19. The zero-order chi connectivity index (χ0) is 13.7. The average Bonchev–Trinajstić information content (AvgIpc) is 2.45. The smallest absolute Gasteiger partial charge is 0.311 e. The minimum atomic E-state index is -0.477. The standard InChI is InChI=1S/C11H16N4O4/c1-18-10-3-2-9(15(16)17)11(14-10)13-7-8-6-12-4-5-19-8/h2-3,8,12H,4-7H2,1H3,(H,13,14). The molecule has 1 fully saturated rings. The van der Waals surface area contributed by atoms with E-state index in [-0.39, 0.29) is 17.6 Å². The lowest BCUT2D eigenvalue weighted by Crippen LogP contribution is -2.42. The van der Waals surface area contributed by atoms with Crippen LogP contribution in [0.2, 0.25) is 0 Å². The Morgan fingerprint density at radius 1 is 1.68 bits per heavy atom. The van der Waals surface area contributed by atoms with Crippen molar-refractivity contribution in [3.63, 3.8) is 0 Å². The zero-order valence-corrected chi connectivity index (χ0v) is 10.6. The third-order valence-electron chi connectivity index (χ3n) is 2.76. The molecule has 8 nitrogen and oxygen atoms in total. The molecule has 1 aliphatic heterocycles. The van der Waals surface area contributed by atoms with Crippen LogP contribution in [0.4, 0.5) is 11.5 Å². The van der Waals surface area contributed by atoms with Gasteiger partial charge in [-0.1, -0.05) is 0 Å². The van der Waals surface area contributed by atoms with E-state index in [1.54, 1.807) is 0 Å². The highest BCUT2D eigenvalue weighted by Crippen LogP contribution is 2.24. The first-order chi connectivity index (χ1) is 9.20. The number of morpholine rings is 1. The van der Waals surface area contributed by atoms with Gasteiger partial charge in [0.1, 0.15) is 0 Å². The van der Waals surface area contributed by atoms with Crippen LogP contribution in [0.5, 0.6) is 5.88 Å². The molecule has 0 saturated carbocycles. The number of aromatic nitrogens is 1. The molecule has 0 aliphatic carbocycles. The molecule has 1 unspecified atom stereocenters. The van der Waals surface area contributed by atoms with Gasteiger partial charge >= 0.3 is 5.69 Å². The second kappa shape index (κ2) is 6.30. The first-order valence-corrected chi connectivity index (χ1v) is 5.96. The molecule has 1 aromatic heterocycles. The SMILES string of the molecule is COc1ccc([N+](=O)[O-])c(NCC2CNCCO2)n1. The molecule has 0 radical (unpaired) electrons. The molecule has 2 rings (SSSR count). The molecule has 1 saturated heterocycles. The van der Waals surface area contributed by atoms with Gasteiger partial charge in [0.05, 0.1) is 24.7 Å². The number of methoxy groups -OCH3 is 1. The lowest BCUT2D eigenvalue weighted by atomic mass is 10.3. The first-order valence-electron chi connectivity index (χ1n) is 5.96. The summed E-state index contributed by atoms with van der Waals surface area (Å²) in [7, 11) is 1.46. The number of anilines is 1. The van der Waals surface area contributed by atoms with Crippen molar-refractivity contribution < 1.29 is 14.4 Å². The average molecular weight is 268 g/mol. The van der Waals surface area contributed by atoms with E-state index in [0.717, 1.165) is 6.54 Å². The Bertz CT molecular complexity index is 448. The highest BCUT2D eigenvalue weighted by molar-refractivity contribution is 5.57. The van der Waals surface area contributed by atoms with Gasteiger partial charge in [0.15, 0.2) is 0 Å². The van der Waals surface area contributed by atoms with Gasteiger partial charge < -0.3 is 20.1 Å². The predicted octanol–water partition coefficient (Wildman–Crippen LogP) is 0.399. The van der Waals surface area contributed by atoms with Gasteiger partial charge in [-0.15, -0.1) is 0 Å². The number of hydrogen-bond acceptors (Lipinski definition) is 7. The van der Waals surface area contributed by atoms with E-state index >= 15 is 0 Å². The minimum Gasteiger partial charge on any atom is -0.481 e. The maximum absolute atomic E-state index is 10.9. The second-order valence-corrected chi connectivity index (χ2v) is 4.06. The predicted molar refractivity (Wildman–Crippen MR) is 68.5 cm³/mol. The van der Waals surface area contributed by atoms with E-state index in [9.17, 15) is 10.1 Å². The summed E-state index contributed by atoms with van der Waals surface area (Å²) in [4.78, 5) is 14.5. The third-order valence-corrected chi connectivity index (χ3v) is 2.76. The van der Waals surface area contributed by atoms with E-state index < -0.39 is 4.92 Å². The van der Waals surface area contributed by atoms with Gasteiger partial charge in [0.2, 0.25) is 11.7 Å². The van der Waals surface area contributed by atoms with Crippen LogP contribution in [0.1, 0.15) is 0 Å². The summed E-state index contributed by atoms with van der Waals surface area (Å²) in [5, 5.41) is 17.0. The number of pyridine rings is 1. The maximum atomic E-state index is 10.9. The molecule has 1 aliphatic rings. The van der Waals surface area contributed by atoms with Crippen molar-refractivity contribution in [3.8, 4) is 5.88 Å². The maximum Gasteiger partial charge on any atom is 0.311 e. The Kier molecular flexibility index (Phi) is 4.48. The molecule has 1 aromatic rings. The normalized spacial score (nSPS) is 18.9. The monoisotopic (exact) mass is 268 g/mol. The Hall–Kier alpha value is -1.93. The molecular weight excluding hydrogens is 252 g/mol. The molecule has 2 N–H and O–H groups in total. The van der Waals surface area contributed by atoms with Crippen molar-refractivity contribution in [1.29, 1.82) is 0 Å². The molecule has 0 amide bonds. The van der Waals surface area contributed by atoms with Crippen LogP contribution in [-0.4, -0.2) is 49.4 Å². The van der Waals surface area contributed by atoms with Crippen LogP contribution in [0.3, 0.4) is 0 Å². The van der Waals surface area contributed by atoms with Crippen LogP contribution in [-0.2, 0) is 4.74 Å². The Labute approximate surface area is 110 Å². The lowest BCUT2D eigenvalue weighted by Gasteiger charge is -2.23. The summed E-state index contributed by atoms with van der Waals surface area (Å²) in [5.74, 6) is 0.523. The molecule has 1 atom stereocenters. The van der Waals surface area contributed by atoms with Crippen LogP contribution in [0.25, 0.3) is 0 Å². The Morgan fingerprint density at radius 3 is 3.16 bits per heavy atom. The van der Waals surface area contributed by atoms with Crippen molar-refractivity contribution in [2.24, 2.45) is 0 Å². The van der Waals surface area contributed by atoms with Gasteiger partial charge in [-0.25, -0.2) is 0 Å². The largest absolute Gasteiger partial charge is 0.481 e. The van der Waals surface area contributed by atoms with Crippen LogP contribution < -0.4 is 15.4 Å². The van der Waals surface area contributed by atoms with Crippen LogP contribution in [0, 0.1) is 10.1 Å². The van der Waals surface area contributed by atoms with Gasteiger partial charge in [0.25, 0.3) is 0 Å². The number of nitrogens with one attached hydrogen (secondary N) is 2. The zero-order valence-electron chi connectivity index (χ0n) is 10.6. The van der Waals surface area contributed by atoms with Gasteiger partial charge in [-0.2, -0.15) is 4.98 Å². The van der Waals surface area contributed by atoms with Crippen molar-refractivity contribution in [3.05, 3.63) is 22.2 Å². The fourth-order valence-corrected chi connectivity index (χ4v) is 1.79. The summed E-state index contributed by atoms with van der Waals surface area (Å²) >= 11 is 0. The molecular formula is C11H16N4O4. The minimum absolute atomic E-state index is 0.0265. The number of ether oxygens (including phenoxy) is 2. The van der Waals surface area contributed by atoms with Gasteiger partial charge in [-0.05, 0) is 0 Å². The van der Waals surface area contributed by atoms with Crippen molar-refractivity contribution in [2.75, 3.05) is 38.7 Å². The third kappa shape index (κ3) is 3.52. The number of nitrogens with zero attached hydrogens (tertiary/aromatic N) is 2. The summed E-state index contributed by atoms with van der Waals surface area (Å²) in [6.45, 7) is 2.63. The van der Waals surface area contributed by atoms with E-state index in [1.807, 2.05) is 0 Å². The fraction of sp³-hybridized carbons (Fsp3) is 0.545. The highest BCUT2D eigenvalue weighted by atomic mass is 16.6. The van der Waals surface area contributed by atoms with Gasteiger partial charge in [-0.3, -0.25) is 10.1 Å². The number of hydrogen-bond donors (Lipinski definition) is 2. The van der Waals surface area contributed by atoms with Crippen LogP contribution in [0.15, 0.2) is 12.1 Å². The molecule has 19 heavy (non-hydrogen) atoms. The van der Waals surface area contributed by atoms with E-state index in [2.05, 4.69) is 15.6 Å². The fourth-order valence-electron chi connectivity index (χ4n) is 1.79. The number of rotatable bonds is 5. The molecule has 0 aromatic carbocycles. The summed E-state index contributed by atoms with van der Waals surface area (Å²) in [6, 6.07) is 2.83. The summed E-state index contributed by atoms with van der Waals surface area (Å²) in [6.07, 6.45) is -0.0265. The van der Waals surface area contributed by atoms with E-state index in [4.69, 9.17) is 9.47 Å². The second-order valence-electron chi connectivity index (χ2n) is 4.06. The topological polar surface area (TPSA) is 98.6 Å². The number of nitro groups is 1. The van der Waals surface area contributed by atoms with Crippen molar-refractivity contribution in [1.82, 2.24) is 10.3 Å². The Balaban J connectivity index is 2.06. The Morgan fingerprint density at radius 2 is 2.53 bits per heavy atom. The summed E-state index contributed by atoms with van der Waals surface area (Å²) < 4.78 is 10.5. The molecule has 2 heterocycles. The summed E-state index contributed by atoms with van der Waals surface area (Å²) in [5.41, 5.74) is -0.0791. The molecule has 8 heteroatoms. The molecule has 104 valence electrons. The van der Waals surface area contributed by atoms with Crippen LogP contribution >= 0.6 is 0 Å². The van der Waals surface area contributed by atoms with E-state index in [0.29, 0.717) is 25.6 Å². The molecule has 0 bridgehead atoms. The quantitative estimate of drug-likeness (QED) is 0.589. The van der Waals surface area contributed by atoms with Crippen molar-refractivity contribution in [2.45, 2.75) is 6.10 Å². The lowest BCUT2D eigenvalue weighted by molar-refractivity contribution is -0.384. The van der Waals surface area contributed by atoms with Gasteiger partial charge in [0, 0.05) is 31.8 Å². The first kappa shape index (κ1) is 13.5. The molecule has 0 spiro atoms.